The number of hydrogen-bond donors (Lipinski definition) is 1. The van der Waals surface area contributed by atoms with E-state index in [1.165, 1.54) is 12.1 Å². The highest BCUT2D eigenvalue weighted by atomic mass is 19.1. The summed E-state index contributed by atoms with van der Waals surface area (Å²) >= 11 is 0. The summed E-state index contributed by atoms with van der Waals surface area (Å²) in [6.45, 7) is 2.25. The standard InChI is InChI=1S/C25H30FN3O2/c26-21-10-20(3-2-17(21)14-27)28-6-1-4-24(15-28)5-7-29(23(24)31)25-11-16-8-18(12-25)22(30)19(9-16)13-25/h2-3,10,16,18-19,22,30H,1,4-9,11-13,15H2. The van der Waals surface area contributed by atoms with Crippen molar-refractivity contribution in [3.63, 3.8) is 0 Å². The van der Waals surface area contributed by atoms with Crippen LogP contribution in [0.3, 0.4) is 0 Å². The number of aliphatic hydroxyl groups excluding tert-OH is 1. The predicted octanol–water partition coefficient (Wildman–Crippen LogP) is 3.46. The highest BCUT2D eigenvalue weighted by Gasteiger charge is 2.61. The van der Waals surface area contributed by atoms with Gasteiger partial charge in [0.05, 0.1) is 17.1 Å². The molecule has 164 valence electrons. The zero-order valence-corrected chi connectivity index (χ0v) is 17.9. The summed E-state index contributed by atoms with van der Waals surface area (Å²) in [6.07, 6.45) is 7.81. The largest absolute Gasteiger partial charge is 0.393 e. The first-order valence-electron chi connectivity index (χ1n) is 11.9. The Balaban J connectivity index is 1.25. The minimum Gasteiger partial charge on any atom is -0.393 e. The van der Waals surface area contributed by atoms with Crippen LogP contribution in [0.5, 0.6) is 0 Å². The molecule has 0 aromatic heterocycles. The summed E-state index contributed by atoms with van der Waals surface area (Å²) in [6, 6.07) is 6.66. The van der Waals surface area contributed by atoms with Crippen LogP contribution in [0.15, 0.2) is 18.2 Å². The monoisotopic (exact) mass is 423 g/mol. The Labute approximate surface area is 182 Å². The maximum Gasteiger partial charge on any atom is 0.231 e. The van der Waals surface area contributed by atoms with E-state index in [1.54, 1.807) is 6.07 Å². The van der Waals surface area contributed by atoms with E-state index in [-0.39, 0.29) is 22.6 Å². The lowest BCUT2D eigenvalue weighted by atomic mass is 9.51. The summed E-state index contributed by atoms with van der Waals surface area (Å²) in [5.74, 6) is 1.18. The van der Waals surface area contributed by atoms with Crippen molar-refractivity contribution >= 4 is 11.6 Å². The summed E-state index contributed by atoms with van der Waals surface area (Å²) in [5.41, 5.74) is 0.395. The topological polar surface area (TPSA) is 67.6 Å². The minimum absolute atomic E-state index is 0.0425. The van der Waals surface area contributed by atoms with Crippen LogP contribution in [-0.2, 0) is 4.79 Å². The molecule has 2 aliphatic heterocycles. The maximum absolute atomic E-state index is 14.2. The van der Waals surface area contributed by atoms with Crippen LogP contribution in [0, 0.1) is 40.3 Å². The van der Waals surface area contributed by atoms with Gasteiger partial charge in [0.2, 0.25) is 5.91 Å². The number of amides is 1. The van der Waals surface area contributed by atoms with Gasteiger partial charge in [0.1, 0.15) is 11.9 Å². The molecule has 4 bridgehead atoms. The Morgan fingerprint density at radius 1 is 1.13 bits per heavy atom. The molecule has 1 N–H and O–H groups in total. The predicted molar refractivity (Wildman–Crippen MR) is 114 cm³/mol. The zero-order chi connectivity index (χ0) is 21.4. The summed E-state index contributed by atoms with van der Waals surface area (Å²) in [4.78, 5) is 18.3. The summed E-state index contributed by atoms with van der Waals surface area (Å²) in [5, 5.41) is 19.7. The van der Waals surface area contributed by atoms with Gasteiger partial charge in [-0.3, -0.25) is 4.79 Å². The SMILES string of the molecule is N#Cc1ccc(N2CCCC3(CCN(C45CC6CC(C4)C(O)C(C6)C5)C3=O)C2)cc1F. The van der Waals surface area contributed by atoms with E-state index in [1.807, 2.05) is 6.07 Å². The van der Waals surface area contributed by atoms with E-state index in [0.29, 0.717) is 30.2 Å². The number of hydrogen-bond acceptors (Lipinski definition) is 4. The van der Waals surface area contributed by atoms with Gasteiger partial charge < -0.3 is 14.9 Å². The van der Waals surface area contributed by atoms with Gasteiger partial charge >= 0.3 is 0 Å². The van der Waals surface area contributed by atoms with Gasteiger partial charge in [-0.05, 0) is 87.3 Å². The molecule has 2 saturated heterocycles. The van der Waals surface area contributed by atoms with Gasteiger partial charge in [-0.2, -0.15) is 5.26 Å². The Morgan fingerprint density at radius 2 is 1.90 bits per heavy atom. The molecule has 4 aliphatic carbocycles. The second kappa shape index (κ2) is 6.68. The maximum atomic E-state index is 14.2. The first-order chi connectivity index (χ1) is 14.9. The quantitative estimate of drug-likeness (QED) is 0.791. The molecule has 6 fully saturated rings. The molecule has 0 radical (unpaired) electrons. The van der Waals surface area contributed by atoms with E-state index in [9.17, 15) is 14.3 Å². The van der Waals surface area contributed by atoms with Gasteiger partial charge in [-0.25, -0.2) is 4.39 Å². The molecule has 31 heavy (non-hydrogen) atoms. The molecule has 4 saturated carbocycles. The number of rotatable bonds is 2. The number of aliphatic hydroxyl groups is 1. The van der Waals surface area contributed by atoms with Crippen molar-refractivity contribution in [2.75, 3.05) is 24.5 Å². The van der Waals surface area contributed by atoms with E-state index >= 15 is 0 Å². The average molecular weight is 424 g/mol. The van der Waals surface area contributed by atoms with Crippen molar-refractivity contribution < 1.29 is 14.3 Å². The lowest BCUT2D eigenvalue weighted by molar-refractivity contribution is -0.167. The summed E-state index contributed by atoms with van der Waals surface area (Å²) < 4.78 is 14.2. The molecule has 1 amide bonds. The number of anilines is 1. The number of likely N-dealkylation sites (tertiary alicyclic amines) is 1. The van der Waals surface area contributed by atoms with Crippen molar-refractivity contribution in [1.82, 2.24) is 4.90 Å². The molecule has 2 heterocycles. The Morgan fingerprint density at radius 3 is 2.61 bits per heavy atom. The zero-order valence-electron chi connectivity index (χ0n) is 17.9. The number of nitrogens with zero attached hydrogens (tertiary/aromatic N) is 3. The molecule has 6 heteroatoms. The summed E-state index contributed by atoms with van der Waals surface area (Å²) in [7, 11) is 0. The molecule has 1 aromatic rings. The highest BCUT2D eigenvalue weighted by molar-refractivity contribution is 5.86. The number of carbonyl (C=O) groups is 1. The number of benzene rings is 1. The number of nitriles is 1. The van der Waals surface area contributed by atoms with Crippen molar-refractivity contribution in [3.05, 3.63) is 29.6 Å². The smallest absolute Gasteiger partial charge is 0.231 e. The Bertz CT molecular complexity index is 958. The van der Waals surface area contributed by atoms with Crippen LogP contribution in [0.25, 0.3) is 0 Å². The molecule has 5 nitrogen and oxygen atoms in total. The van der Waals surface area contributed by atoms with Crippen LogP contribution in [0.1, 0.15) is 56.9 Å². The molecule has 1 aromatic carbocycles. The molecule has 3 atom stereocenters. The van der Waals surface area contributed by atoms with Crippen LogP contribution < -0.4 is 4.90 Å². The fourth-order valence-electron chi connectivity index (χ4n) is 8.08. The number of piperidine rings is 1. The van der Waals surface area contributed by atoms with Crippen molar-refractivity contribution in [1.29, 1.82) is 5.26 Å². The molecule has 3 unspecified atom stereocenters. The first-order valence-corrected chi connectivity index (χ1v) is 11.9. The van der Waals surface area contributed by atoms with Crippen LogP contribution in [0.2, 0.25) is 0 Å². The molecule has 6 aliphatic rings. The normalized spacial score (nSPS) is 41.3. The minimum atomic E-state index is -0.494. The van der Waals surface area contributed by atoms with E-state index in [2.05, 4.69) is 9.80 Å². The highest BCUT2D eigenvalue weighted by Crippen LogP contribution is 2.59. The molecular formula is C25H30FN3O2. The van der Waals surface area contributed by atoms with E-state index in [4.69, 9.17) is 5.26 Å². The lowest BCUT2D eigenvalue weighted by Crippen LogP contribution is -2.65. The first kappa shape index (κ1) is 19.5. The van der Waals surface area contributed by atoms with Crippen LogP contribution in [-0.4, -0.2) is 47.2 Å². The van der Waals surface area contributed by atoms with E-state index in [0.717, 1.165) is 70.1 Å². The third-order valence-corrected chi connectivity index (χ3v) is 9.29. The second-order valence-electron chi connectivity index (χ2n) is 11.0. The fraction of sp³-hybridized carbons (Fsp3) is 0.680. The molecule has 7 rings (SSSR count). The molecular weight excluding hydrogens is 393 g/mol. The van der Waals surface area contributed by atoms with Crippen molar-refractivity contribution in [3.8, 4) is 6.07 Å². The van der Waals surface area contributed by atoms with E-state index < -0.39 is 5.82 Å². The van der Waals surface area contributed by atoms with Crippen molar-refractivity contribution in [2.24, 2.45) is 23.2 Å². The van der Waals surface area contributed by atoms with Crippen LogP contribution in [0.4, 0.5) is 10.1 Å². The van der Waals surface area contributed by atoms with Gasteiger partial charge in [0.25, 0.3) is 0 Å². The lowest BCUT2D eigenvalue weighted by Gasteiger charge is -2.61. The average Bonchev–Trinajstić information content (AvgIpc) is 3.07. The van der Waals surface area contributed by atoms with Gasteiger partial charge in [-0.15, -0.1) is 0 Å². The van der Waals surface area contributed by atoms with Gasteiger partial charge in [-0.1, -0.05) is 0 Å². The van der Waals surface area contributed by atoms with Gasteiger partial charge in [0, 0.05) is 30.9 Å². The third kappa shape index (κ3) is 2.78. The third-order valence-electron chi connectivity index (χ3n) is 9.29. The Hall–Kier alpha value is -2.13. The number of halogens is 1. The molecule has 1 spiro atoms. The van der Waals surface area contributed by atoms with Crippen LogP contribution >= 0.6 is 0 Å². The number of carbonyl (C=O) groups excluding carboxylic acids is 1. The second-order valence-corrected chi connectivity index (χ2v) is 11.0. The fourth-order valence-corrected chi connectivity index (χ4v) is 8.08. The Kier molecular flexibility index (Phi) is 4.21. The van der Waals surface area contributed by atoms with Gasteiger partial charge in [0.15, 0.2) is 0 Å². The van der Waals surface area contributed by atoms with Crippen molar-refractivity contribution in [2.45, 2.75) is 63.0 Å².